The zero-order valence-electron chi connectivity index (χ0n) is 25.1. The Balaban J connectivity index is 1.43. The van der Waals surface area contributed by atoms with Crippen LogP contribution in [0.15, 0.2) is 97.3 Å². The topological polar surface area (TPSA) is 88.1 Å². The molecule has 8 heteroatoms. The maximum atomic E-state index is 13.7. The Morgan fingerprint density at radius 3 is 1.98 bits per heavy atom. The van der Waals surface area contributed by atoms with Gasteiger partial charge < -0.3 is 23.0 Å². The summed E-state index contributed by atoms with van der Waals surface area (Å²) in [6.07, 6.45) is 0. The molecule has 1 aliphatic heterocycles. The second-order valence-corrected chi connectivity index (χ2v) is 11.9. The molecule has 0 fully saturated rings. The van der Waals surface area contributed by atoms with Crippen LogP contribution in [-0.2, 0) is 6.61 Å². The molecule has 0 unspecified atom stereocenters. The van der Waals surface area contributed by atoms with E-state index >= 15 is 0 Å². The molecule has 2 aromatic heterocycles. The molecule has 7 nitrogen and oxygen atoms in total. The fraction of sp³-hybridized carbons (Fsp3) is 0.189. The zero-order chi connectivity index (χ0) is 31.4. The summed E-state index contributed by atoms with van der Waals surface area (Å²) in [7, 11) is 1.59. The average Bonchev–Trinajstić information content (AvgIpc) is 3.04. The van der Waals surface area contributed by atoms with E-state index in [0.29, 0.717) is 49.8 Å². The molecule has 3 heterocycles. The van der Waals surface area contributed by atoms with E-state index in [1.165, 1.54) is 0 Å². The predicted octanol–water partition coefficient (Wildman–Crippen LogP) is 8.86. The van der Waals surface area contributed by atoms with Crippen molar-refractivity contribution in [3.63, 3.8) is 0 Å². The third-order valence-electron chi connectivity index (χ3n) is 8.31. The number of hydrogen-bond donors (Lipinski definition) is 0. The van der Waals surface area contributed by atoms with Crippen molar-refractivity contribution in [2.24, 2.45) is 0 Å². The van der Waals surface area contributed by atoms with Gasteiger partial charge in [-0.2, -0.15) is 0 Å². The monoisotopic (exact) mass is 620 g/mol. The molecule has 0 saturated carbocycles. The minimum atomic E-state index is -0.848. The molecule has 0 radical (unpaired) electrons. The number of halogens is 1. The van der Waals surface area contributed by atoms with Gasteiger partial charge >= 0.3 is 11.3 Å². The smallest absolute Gasteiger partial charge is 0.344 e. The summed E-state index contributed by atoms with van der Waals surface area (Å²) >= 11 is 6.43. The Morgan fingerprint density at radius 1 is 0.800 bits per heavy atom. The molecule has 226 valence electrons. The molecule has 4 aromatic carbocycles. The average molecular weight is 621 g/mol. The summed E-state index contributed by atoms with van der Waals surface area (Å²) < 4.78 is 30.1. The molecule has 7 rings (SSSR count). The van der Waals surface area contributed by atoms with Gasteiger partial charge in [0, 0.05) is 10.6 Å². The standard InChI is InChI=1S/C37H29ClO7/c1-19(2)25-17-26(38)20(3)15-30(25)42-18-22-16-21(13-14-27(22)41-4)31-32-34(23-9-5-7-11-28(23)43-36(32)39)45-35-24-10-6-8-12-29(24)44-37(40)33(31)35/h5-17,19,31H,18H2,1-4H3. The van der Waals surface area contributed by atoms with Crippen LogP contribution in [0.4, 0.5) is 0 Å². The van der Waals surface area contributed by atoms with Crippen molar-refractivity contribution in [2.75, 3.05) is 7.11 Å². The Morgan fingerprint density at radius 2 is 1.40 bits per heavy atom. The number of fused-ring (bicyclic) bond motifs is 6. The van der Waals surface area contributed by atoms with Crippen molar-refractivity contribution in [1.82, 2.24) is 0 Å². The lowest BCUT2D eigenvalue weighted by Crippen LogP contribution is -2.26. The second kappa shape index (κ2) is 11.2. The summed E-state index contributed by atoms with van der Waals surface area (Å²) in [4.78, 5) is 27.4. The van der Waals surface area contributed by atoms with Crippen molar-refractivity contribution in [3.05, 3.63) is 138 Å². The van der Waals surface area contributed by atoms with E-state index in [2.05, 4.69) is 13.8 Å². The molecular weight excluding hydrogens is 592 g/mol. The van der Waals surface area contributed by atoms with Crippen molar-refractivity contribution in [2.45, 2.75) is 39.2 Å². The first-order valence-corrected chi connectivity index (χ1v) is 15.0. The second-order valence-electron chi connectivity index (χ2n) is 11.4. The van der Waals surface area contributed by atoms with E-state index in [-0.39, 0.29) is 23.7 Å². The highest BCUT2D eigenvalue weighted by molar-refractivity contribution is 6.31. The van der Waals surface area contributed by atoms with Crippen molar-refractivity contribution in [3.8, 4) is 23.0 Å². The number of hydrogen-bond acceptors (Lipinski definition) is 7. The summed E-state index contributed by atoms with van der Waals surface area (Å²) in [5.41, 5.74) is 3.29. The van der Waals surface area contributed by atoms with Crippen LogP contribution in [-0.4, -0.2) is 7.11 Å². The highest BCUT2D eigenvalue weighted by Gasteiger charge is 2.38. The lowest BCUT2D eigenvalue weighted by molar-refractivity contribution is 0.292. The maximum Gasteiger partial charge on any atom is 0.344 e. The molecule has 0 amide bonds. The number of aryl methyl sites for hydroxylation is 1. The van der Waals surface area contributed by atoms with Crippen LogP contribution in [0.5, 0.6) is 23.0 Å². The van der Waals surface area contributed by atoms with Gasteiger partial charge in [-0.15, -0.1) is 0 Å². The van der Waals surface area contributed by atoms with Crippen LogP contribution >= 0.6 is 11.6 Å². The van der Waals surface area contributed by atoms with E-state index < -0.39 is 17.2 Å². The number of para-hydroxylation sites is 2. The third-order valence-corrected chi connectivity index (χ3v) is 8.72. The molecule has 0 spiro atoms. The third kappa shape index (κ3) is 4.84. The number of benzene rings is 4. The Hall–Kier alpha value is -5.01. The minimum absolute atomic E-state index is 0.166. The van der Waals surface area contributed by atoms with Crippen LogP contribution < -0.4 is 25.5 Å². The first-order chi connectivity index (χ1) is 21.7. The molecule has 45 heavy (non-hydrogen) atoms. The first kappa shape index (κ1) is 28.7. The molecule has 0 saturated heterocycles. The molecule has 0 bridgehead atoms. The first-order valence-electron chi connectivity index (χ1n) is 14.6. The largest absolute Gasteiger partial charge is 0.496 e. The van der Waals surface area contributed by atoms with Crippen LogP contribution in [0.1, 0.15) is 59.1 Å². The quantitative estimate of drug-likeness (QED) is 0.172. The van der Waals surface area contributed by atoms with Gasteiger partial charge in [0.25, 0.3) is 0 Å². The van der Waals surface area contributed by atoms with Gasteiger partial charge in [-0.3, -0.25) is 0 Å². The van der Waals surface area contributed by atoms with Gasteiger partial charge in [0.2, 0.25) is 0 Å². The van der Waals surface area contributed by atoms with Gasteiger partial charge in [-0.05, 0) is 78.1 Å². The van der Waals surface area contributed by atoms with E-state index in [9.17, 15) is 9.59 Å². The molecule has 6 aromatic rings. The molecule has 0 aliphatic carbocycles. The van der Waals surface area contributed by atoms with Gasteiger partial charge in [-0.1, -0.05) is 55.8 Å². The Kier molecular flexibility index (Phi) is 7.13. The lowest BCUT2D eigenvalue weighted by atomic mass is 9.82. The molecular formula is C37H29ClO7. The number of rotatable bonds is 6. The number of methoxy groups -OCH3 is 1. The summed E-state index contributed by atoms with van der Waals surface area (Å²) in [5.74, 6) is 1.35. The summed E-state index contributed by atoms with van der Waals surface area (Å²) in [6.45, 7) is 6.27. The summed E-state index contributed by atoms with van der Waals surface area (Å²) in [6, 6.07) is 23.8. The van der Waals surface area contributed by atoms with Crippen LogP contribution in [0, 0.1) is 6.92 Å². The minimum Gasteiger partial charge on any atom is -0.496 e. The van der Waals surface area contributed by atoms with E-state index in [0.717, 1.165) is 22.4 Å². The fourth-order valence-electron chi connectivity index (χ4n) is 6.06. The van der Waals surface area contributed by atoms with Crippen molar-refractivity contribution >= 4 is 33.5 Å². The van der Waals surface area contributed by atoms with Gasteiger partial charge in [-0.25, -0.2) is 9.59 Å². The fourth-order valence-corrected chi connectivity index (χ4v) is 6.23. The SMILES string of the molecule is COc1ccc(C2c3c(c4ccccc4oc3=O)Oc3c2c(=O)oc2ccccc32)cc1COc1cc(C)c(Cl)cc1C(C)C. The lowest BCUT2D eigenvalue weighted by Gasteiger charge is -2.28. The molecule has 0 atom stereocenters. The van der Waals surface area contributed by atoms with Gasteiger partial charge in [0.05, 0.1) is 34.9 Å². The Bertz CT molecular complexity index is 2150. The molecule has 0 N–H and O–H groups in total. The van der Waals surface area contributed by atoms with Crippen LogP contribution in [0.25, 0.3) is 21.9 Å². The maximum absolute atomic E-state index is 13.7. The zero-order valence-corrected chi connectivity index (χ0v) is 25.9. The highest BCUT2D eigenvalue weighted by atomic mass is 35.5. The molecule has 1 aliphatic rings. The van der Waals surface area contributed by atoms with Crippen LogP contribution in [0.2, 0.25) is 5.02 Å². The van der Waals surface area contributed by atoms with Crippen molar-refractivity contribution < 1.29 is 23.0 Å². The normalized spacial score (nSPS) is 12.7. The van der Waals surface area contributed by atoms with Crippen molar-refractivity contribution in [1.29, 1.82) is 0 Å². The predicted molar refractivity (Wildman–Crippen MR) is 174 cm³/mol. The number of ether oxygens (including phenoxy) is 3. The van der Waals surface area contributed by atoms with Gasteiger partial charge in [0.1, 0.15) is 40.8 Å². The van der Waals surface area contributed by atoms with E-state index in [1.807, 2.05) is 61.5 Å². The van der Waals surface area contributed by atoms with Gasteiger partial charge in [0.15, 0.2) is 0 Å². The Labute approximate surface area is 263 Å². The van der Waals surface area contributed by atoms with E-state index in [4.69, 9.17) is 34.6 Å². The van der Waals surface area contributed by atoms with E-state index in [1.54, 1.807) is 31.4 Å². The van der Waals surface area contributed by atoms with Crippen LogP contribution in [0.3, 0.4) is 0 Å². The highest BCUT2D eigenvalue weighted by Crippen LogP contribution is 2.50. The summed E-state index contributed by atoms with van der Waals surface area (Å²) in [5, 5.41) is 1.92.